The van der Waals surface area contributed by atoms with Gasteiger partial charge in [-0.15, -0.1) is 0 Å². The quantitative estimate of drug-likeness (QED) is 0.463. The van der Waals surface area contributed by atoms with E-state index in [2.05, 4.69) is 15.3 Å². The third-order valence-electron chi connectivity index (χ3n) is 3.96. The fourth-order valence-electron chi connectivity index (χ4n) is 2.82. The molecule has 0 atom stereocenters. The summed E-state index contributed by atoms with van der Waals surface area (Å²) in [6.07, 6.45) is -6.16. The number of rotatable bonds is 2. The van der Waals surface area contributed by atoms with Crippen LogP contribution in [-0.2, 0) is 6.18 Å². The minimum absolute atomic E-state index is 0.0418. The molecule has 1 aromatic carbocycles. The first kappa shape index (κ1) is 16.8. The maximum Gasteiger partial charge on any atom is 0.435 e. The zero-order valence-corrected chi connectivity index (χ0v) is 13.4. The fraction of sp³-hybridized carbons (Fsp3) is 0.125. The normalized spacial score (nSPS) is 12.6. The van der Waals surface area contributed by atoms with Crippen LogP contribution in [0.2, 0.25) is 5.02 Å². The topological polar surface area (TPSA) is 46.0 Å². The largest absolute Gasteiger partial charge is 0.435 e. The van der Waals surface area contributed by atoms with Gasteiger partial charge in [-0.1, -0.05) is 11.6 Å². The summed E-state index contributed by atoms with van der Waals surface area (Å²) in [6.45, 7) is 0. The zero-order chi connectivity index (χ0) is 18.6. The molecule has 3 heterocycles. The zero-order valence-electron chi connectivity index (χ0n) is 12.7. The van der Waals surface area contributed by atoms with E-state index in [-0.39, 0.29) is 21.8 Å². The Morgan fingerprint density at radius 3 is 2.58 bits per heavy atom. The maximum absolute atomic E-state index is 13.5. The number of hydrogen-bond acceptors (Lipinski definition) is 2. The highest BCUT2D eigenvalue weighted by Gasteiger charge is 2.34. The molecule has 4 nitrogen and oxygen atoms in total. The number of pyridine rings is 1. The van der Waals surface area contributed by atoms with Crippen molar-refractivity contribution in [2.24, 2.45) is 0 Å². The Balaban J connectivity index is 2.07. The number of halogens is 6. The molecule has 0 spiro atoms. The van der Waals surface area contributed by atoms with Gasteiger partial charge in [0, 0.05) is 16.5 Å². The van der Waals surface area contributed by atoms with E-state index in [4.69, 9.17) is 11.6 Å². The number of alkyl halides is 5. The van der Waals surface area contributed by atoms with Gasteiger partial charge >= 0.3 is 6.18 Å². The smallest absolute Gasteiger partial charge is 0.276 e. The molecule has 3 aromatic heterocycles. The summed E-state index contributed by atoms with van der Waals surface area (Å²) in [6, 6.07) is 5.96. The highest BCUT2D eigenvalue weighted by Crippen LogP contribution is 2.37. The Labute approximate surface area is 147 Å². The Morgan fingerprint density at radius 2 is 1.88 bits per heavy atom. The minimum atomic E-state index is -4.69. The van der Waals surface area contributed by atoms with Crippen LogP contribution in [0, 0.1) is 0 Å². The van der Waals surface area contributed by atoms with Crippen molar-refractivity contribution < 1.29 is 22.0 Å². The van der Waals surface area contributed by atoms with E-state index in [1.165, 1.54) is 24.4 Å². The summed E-state index contributed by atoms with van der Waals surface area (Å²) in [5, 5.41) is 10.7. The fourth-order valence-corrected chi connectivity index (χ4v) is 3.09. The van der Waals surface area contributed by atoms with Crippen molar-refractivity contribution in [3.63, 3.8) is 0 Å². The predicted octanol–water partition coefficient (Wildman–Crippen LogP) is 5.49. The van der Waals surface area contributed by atoms with E-state index < -0.39 is 23.9 Å². The molecule has 0 saturated carbocycles. The number of aromatic amines is 1. The SMILES string of the molecule is FC(F)c1ccc2cc(C(F)(F)F)nn2c1-c1cc(Cl)c2[nH]ncc2c1. The number of nitrogens with one attached hydrogen (secondary N) is 1. The van der Waals surface area contributed by atoms with Gasteiger partial charge < -0.3 is 0 Å². The molecule has 134 valence electrons. The molecule has 0 radical (unpaired) electrons. The number of fused-ring (bicyclic) bond motifs is 2. The van der Waals surface area contributed by atoms with Crippen LogP contribution in [0.25, 0.3) is 27.7 Å². The molecule has 1 N–H and O–H groups in total. The predicted molar refractivity (Wildman–Crippen MR) is 85.2 cm³/mol. The molecule has 0 amide bonds. The van der Waals surface area contributed by atoms with E-state index in [0.29, 0.717) is 10.9 Å². The molecule has 0 aliphatic rings. The second-order valence-corrected chi connectivity index (χ2v) is 6.00. The summed E-state index contributed by atoms with van der Waals surface area (Å²) < 4.78 is 66.9. The highest BCUT2D eigenvalue weighted by atomic mass is 35.5. The van der Waals surface area contributed by atoms with E-state index >= 15 is 0 Å². The van der Waals surface area contributed by atoms with Crippen LogP contribution in [-0.4, -0.2) is 19.8 Å². The molecule has 0 unspecified atom stereocenters. The molecule has 4 aromatic rings. The van der Waals surface area contributed by atoms with Crippen LogP contribution in [0.5, 0.6) is 0 Å². The number of benzene rings is 1. The van der Waals surface area contributed by atoms with Gasteiger partial charge in [-0.25, -0.2) is 13.3 Å². The van der Waals surface area contributed by atoms with Gasteiger partial charge in [0.05, 0.1) is 27.9 Å². The molecular formula is C16H8ClF5N4. The Kier molecular flexibility index (Phi) is 3.65. The van der Waals surface area contributed by atoms with Gasteiger partial charge in [0.2, 0.25) is 0 Å². The third kappa shape index (κ3) is 2.59. The highest BCUT2D eigenvalue weighted by molar-refractivity contribution is 6.35. The number of nitrogens with zero attached hydrogens (tertiary/aromatic N) is 3. The molecule has 0 saturated heterocycles. The minimum Gasteiger partial charge on any atom is -0.276 e. The summed E-state index contributed by atoms with van der Waals surface area (Å²) in [7, 11) is 0. The lowest BCUT2D eigenvalue weighted by molar-refractivity contribution is -0.141. The van der Waals surface area contributed by atoms with Crippen molar-refractivity contribution in [2.45, 2.75) is 12.6 Å². The monoisotopic (exact) mass is 386 g/mol. The first-order chi connectivity index (χ1) is 12.3. The molecule has 26 heavy (non-hydrogen) atoms. The summed E-state index contributed by atoms with van der Waals surface area (Å²) >= 11 is 6.15. The van der Waals surface area contributed by atoms with Crippen molar-refractivity contribution in [3.05, 3.63) is 52.8 Å². The van der Waals surface area contributed by atoms with Crippen LogP contribution in [0.15, 0.2) is 36.5 Å². The van der Waals surface area contributed by atoms with Crippen LogP contribution < -0.4 is 0 Å². The number of aromatic nitrogens is 4. The Morgan fingerprint density at radius 1 is 1.12 bits per heavy atom. The van der Waals surface area contributed by atoms with Gasteiger partial charge in [-0.05, 0) is 30.3 Å². The lowest BCUT2D eigenvalue weighted by Gasteiger charge is -2.12. The maximum atomic E-state index is 13.5. The summed E-state index contributed by atoms with van der Waals surface area (Å²) in [5.74, 6) is 0. The van der Waals surface area contributed by atoms with Crippen molar-refractivity contribution in [2.75, 3.05) is 0 Å². The third-order valence-corrected chi connectivity index (χ3v) is 4.25. The lowest BCUT2D eigenvalue weighted by atomic mass is 10.0. The molecule has 4 rings (SSSR count). The number of hydrogen-bond donors (Lipinski definition) is 1. The van der Waals surface area contributed by atoms with Gasteiger partial charge in [-0.3, -0.25) is 5.10 Å². The molecular weight excluding hydrogens is 379 g/mol. The van der Waals surface area contributed by atoms with E-state index in [9.17, 15) is 22.0 Å². The van der Waals surface area contributed by atoms with Crippen molar-refractivity contribution >= 4 is 28.0 Å². The lowest BCUT2D eigenvalue weighted by Crippen LogP contribution is -2.07. The van der Waals surface area contributed by atoms with Gasteiger partial charge in [0.1, 0.15) is 0 Å². The molecule has 0 aliphatic carbocycles. The van der Waals surface area contributed by atoms with Crippen LogP contribution >= 0.6 is 11.6 Å². The summed E-state index contributed by atoms with van der Waals surface area (Å²) in [5.41, 5.74) is -1.02. The van der Waals surface area contributed by atoms with E-state index in [1.54, 1.807) is 0 Å². The average Bonchev–Trinajstić information content (AvgIpc) is 3.19. The molecule has 10 heteroatoms. The molecule has 0 bridgehead atoms. The first-order valence-electron chi connectivity index (χ1n) is 7.27. The van der Waals surface area contributed by atoms with E-state index in [0.717, 1.165) is 16.6 Å². The Bertz CT molecular complexity index is 1130. The van der Waals surface area contributed by atoms with Gasteiger partial charge in [0.25, 0.3) is 6.43 Å². The Hall–Kier alpha value is -2.68. The van der Waals surface area contributed by atoms with Crippen LogP contribution in [0.1, 0.15) is 17.7 Å². The first-order valence-corrected chi connectivity index (χ1v) is 7.64. The molecule has 0 fully saturated rings. The van der Waals surface area contributed by atoms with Crippen LogP contribution in [0.3, 0.4) is 0 Å². The second-order valence-electron chi connectivity index (χ2n) is 5.59. The molecule has 0 aliphatic heterocycles. The van der Waals surface area contributed by atoms with Gasteiger partial charge in [-0.2, -0.15) is 23.4 Å². The van der Waals surface area contributed by atoms with Crippen molar-refractivity contribution in [1.82, 2.24) is 19.8 Å². The standard InChI is InChI=1S/C16H8ClF5N4/c17-11-4-7(3-8-6-23-24-13(8)11)14-10(15(18)19)2-1-9-5-12(16(20,21)22)25-26(9)14/h1-6,15H,(H,23,24). The van der Waals surface area contributed by atoms with Crippen LogP contribution in [0.4, 0.5) is 22.0 Å². The van der Waals surface area contributed by atoms with E-state index in [1.807, 2.05) is 0 Å². The summed E-state index contributed by atoms with van der Waals surface area (Å²) in [4.78, 5) is 0. The second kappa shape index (κ2) is 5.66. The van der Waals surface area contributed by atoms with Crippen molar-refractivity contribution in [1.29, 1.82) is 0 Å². The van der Waals surface area contributed by atoms with Crippen molar-refractivity contribution in [3.8, 4) is 11.3 Å². The number of H-pyrrole nitrogens is 1. The van der Waals surface area contributed by atoms with Gasteiger partial charge in [0.15, 0.2) is 5.69 Å². The average molecular weight is 387 g/mol.